The fourth-order valence-electron chi connectivity index (χ4n) is 1.16. The maximum Gasteiger partial charge on any atom is 0.337 e. The van der Waals surface area contributed by atoms with Crippen molar-refractivity contribution in [3.63, 3.8) is 0 Å². The fourth-order valence-corrected chi connectivity index (χ4v) is 1.75. The van der Waals surface area contributed by atoms with Gasteiger partial charge in [0.25, 0.3) is 0 Å². The lowest BCUT2D eigenvalue weighted by atomic mass is 10.0. The molecular weight excluding hydrogens is 283 g/mol. The molecule has 16 heavy (non-hydrogen) atoms. The first-order valence-electron chi connectivity index (χ1n) is 4.36. The van der Waals surface area contributed by atoms with Crippen LogP contribution in [-0.2, 0) is 9.53 Å². The van der Waals surface area contributed by atoms with Crippen molar-refractivity contribution in [3.8, 4) is 0 Å². The summed E-state index contributed by atoms with van der Waals surface area (Å²) in [6, 6.07) is 3.52. The number of ether oxygens (including phenoxy) is 1. The normalized spacial score (nSPS) is 14.3. The van der Waals surface area contributed by atoms with Gasteiger partial charge in [0.15, 0.2) is 6.10 Å². The van der Waals surface area contributed by atoms with Gasteiger partial charge >= 0.3 is 5.97 Å². The van der Waals surface area contributed by atoms with Gasteiger partial charge in [-0.15, -0.1) is 0 Å². The zero-order valence-electron chi connectivity index (χ0n) is 8.35. The topological polar surface area (TPSA) is 66.8 Å². The van der Waals surface area contributed by atoms with Gasteiger partial charge in [-0.25, -0.2) is 9.18 Å². The fraction of sp³-hybridized carbons (Fsp3) is 0.300. The van der Waals surface area contributed by atoms with E-state index < -0.39 is 24.0 Å². The standard InChI is InChI=1S/C10H10BrFO4/c1-16-10(15)9(14)8(13)6-3-2-5(12)4-7(6)11/h2-4,8-9,13-14H,1H3. The predicted octanol–water partition coefficient (Wildman–Crippen LogP) is 1.16. The molecule has 0 heterocycles. The van der Waals surface area contributed by atoms with Crippen molar-refractivity contribution < 1.29 is 24.1 Å². The van der Waals surface area contributed by atoms with Crippen molar-refractivity contribution in [1.29, 1.82) is 0 Å². The van der Waals surface area contributed by atoms with Crippen LogP contribution in [0.5, 0.6) is 0 Å². The van der Waals surface area contributed by atoms with Crippen molar-refractivity contribution >= 4 is 21.9 Å². The average Bonchev–Trinajstić information content (AvgIpc) is 2.26. The van der Waals surface area contributed by atoms with E-state index >= 15 is 0 Å². The van der Waals surface area contributed by atoms with Crippen molar-refractivity contribution in [2.75, 3.05) is 7.11 Å². The van der Waals surface area contributed by atoms with E-state index in [1.165, 1.54) is 6.07 Å². The summed E-state index contributed by atoms with van der Waals surface area (Å²) in [6.45, 7) is 0. The third kappa shape index (κ3) is 2.78. The third-order valence-corrected chi connectivity index (χ3v) is 2.71. The van der Waals surface area contributed by atoms with E-state index in [0.717, 1.165) is 19.2 Å². The van der Waals surface area contributed by atoms with Crippen LogP contribution in [0.4, 0.5) is 4.39 Å². The summed E-state index contributed by atoms with van der Waals surface area (Å²) < 4.78 is 17.3. The largest absolute Gasteiger partial charge is 0.467 e. The molecule has 0 saturated heterocycles. The highest BCUT2D eigenvalue weighted by Gasteiger charge is 2.27. The number of benzene rings is 1. The third-order valence-electron chi connectivity index (χ3n) is 2.02. The van der Waals surface area contributed by atoms with Crippen LogP contribution < -0.4 is 0 Å². The predicted molar refractivity (Wildman–Crippen MR) is 57.1 cm³/mol. The molecule has 0 aromatic heterocycles. The first-order chi connectivity index (χ1) is 7.47. The van der Waals surface area contributed by atoms with Crippen LogP contribution in [0.2, 0.25) is 0 Å². The lowest BCUT2D eigenvalue weighted by Gasteiger charge is -2.17. The quantitative estimate of drug-likeness (QED) is 0.821. The van der Waals surface area contributed by atoms with Crippen molar-refractivity contribution in [3.05, 3.63) is 34.1 Å². The van der Waals surface area contributed by atoms with Gasteiger partial charge in [0, 0.05) is 4.47 Å². The Morgan fingerprint density at radius 3 is 2.62 bits per heavy atom. The highest BCUT2D eigenvalue weighted by Crippen LogP contribution is 2.26. The molecule has 0 aliphatic rings. The van der Waals surface area contributed by atoms with Crippen molar-refractivity contribution in [1.82, 2.24) is 0 Å². The molecule has 0 radical (unpaired) electrons. The molecule has 1 rings (SSSR count). The van der Waals surface area contributed by atoms with E-state index in [1.807, 2.05) is 0 Å². The molecule has 0 aliphatic carbocycles. The Labute approximate surface area is 99.8 Å². The Kier molecular flexibility index (Phi) is 4.40. The zero-order chi connectivity index (χ0) is 12.3. The monoisotopic (exact) mass is 292 g/mol. The minimum atomic E-state index is -1.70. The lowest BCUT2D eigenvalue weighted by Crippen LogP contribution is -2.29. The molecule has 0 bridgehead atoms. The molecule has 4 nitrogen and oxygen atoms in total. The maximum absolute atomic E-state index is 12.8. The number of halogens is 2. The van der Waals surface area contributed by atoms with Crippen LogP contribution in [0.3, 0.4) is 0 Å². The molecule has 0 saturated carbocycles. The van der Waals surface area contributed by atoms with E-state index in [4.69, 9.17) is 0 Å². The van der Waals surface area contributed by atoms with Gasteiger partial charge in [0.05, 0.1) is 7.11 Å². The molecular formula is C10H10BrFO4. The zero-order valence-corrected chi connectivity index (χ0v) is 9.94. The van der Waals surface area contributed by atoms with Crippen molar-refractivity contribution in [2.45, 2.75) is 12.2 Å². The van der Waals surface area contributed by atoms with E-state index in [-0.39, 0.29) is 10.0 Å². The summed E-state index contributed by atoms with van der Waals surface area (Å²) >= 11 is 3.02. The average molecular weight is 293 g/mol. The summed E-state index contributed by atoms with van der Waals surface area (Å²) in [4.78, 5) is 11.0. The molecule has 2 unspecified atom stereocenters. The number of hydrogen-bond acceptors (Lipinski definition) is 4. The van der Waals surface area contributed by atoms with Crippen LogP contribution in [0, 0.1) is 5.82 Å². The maximum atomic E-state index is 12.8. The molecule has 0 amide bonds. The molecule has 0 fully saturated rings. The number of hydrogen-bond donors (Lipinski definition) is 2. The molecule has 88 valence electrons. The summed E-state index contributed by atoms with van der Waals surface area (Å²) in [6.07, 6.45) is -3.17. The number of esters is 1. The van der Waals surface area contributed by atoms with Gasteiger partial charge in [-0.1, -0.05) is 22.0 Å². The number of carbonyl (C=O) groups is 1. The smallest absolute Gasteiger partial charge is 0.337 e. The summed E-state index contributed by atoms with van der Waals surface area (Å²) in [5, 5.41) is 19.1. The SMILES string of the molecule is COC(=O)C(O)C(O)c1ccc(F)cc1Br. The van der Waals surface area contributed by atoms with Crippen LogP contribution in [0.25, 0.3) is 0 Å². The number of carbonyl (C=O) groups excluding carboxylic acids is 1. The van der Waals surface area contributed by atoms with E-state index in [1.54, 1.807) is 0 Å². The summed E-state index contributed by atoms with van der Waals surface area (Å²) in [7, 11) is 1.10. The molecule has 6 heteroatoms. The first kappa shape index (κ1) is 13.1. The minimum absolute atomic E-state index is 0.208. The first-order valence-corrected chi connectivity index (χ1v) is 5.15. The van der Waals surface area contributed by atoms with Crippen LogP contribution >= 0.6 is 15.9 Å². The molecule has 0 spiro atoms. The van der Waals surface area contributed by atoms with Gasteiger partial charge in [-0.05, 0) is 17.7 Å². The van der Waals surface area contributed by atoms with Crippen LogP contribution in [0.1, 0.15) is 11.7 Å². The number of methoxy groups -OCH3 is 1. The van der Waals surface area contributed by atoms with Gasteiger partial charge in [0.1, 0.15) is 11.9 Å². The van der Waals surface area contributed by atoms with Gasteiger partial charge in [-0.2, -0.15) is 0 Å². The molecule has 1 aromatic rings. The Balaban J connectivity index is 2.96. The van der Waals surface area contributed by atoms with Crippen LogP contribution in [-0.4, -0.2) is 29.4 Å². The van der Waals surface area contributed by atoms with E-state index in [9.17, 15) is 19.4 Å². The Morgan fingerprint density at radius 2 is 2.12 bits per heavy atom. The molecule has 2 N–H and O–H groups in total. The Bertz CT molecular complexity index is 396. The summed E-state index contributed by atoms with van der Waals surface area (Å²) in [5.74, 6) is -1.45. The minimum Gasteiger partial charge on any atom is -0.467 e. The second-order valence-electron chi connectivity index (χ2n) is 3.08. The molecule has 1 aromatic carbocycles. The highest BCUT2D eigenvalue weighted by atomic mass is 79.9. The number of aliphatic hydroxyl groups is 2. The Hall–Kier alpha value is -0.980. The van der Waals surface area contributed by atoms with Crippen LogP contribution in [0.15, 0.2) is 22.7 Å². The van der Waals surface area contributed by atoms with Gasteiger partial charge in [0.2, 0.25) is 0 Å². The lowest BCUT2D eigenvalue weighted by molar-refractivity contribution is -0.156. The molecule has 0 aliphatic heterocycles. The van der Waals surface area contributed by atoms with Crippen molar-refractivity contribution in [2.24, 2.45) is 0 Å². The van der Waals surface area contributed by atoms with E-state index in [2.05, 4.69) is 20.7 Å². The summed E-state index contributed by atoms with van der Waals surface area (Å²) in [5.41, 5.74) is 0.208. The number of aliphatic hydroxyl groups excluding tert-OH is 2. The van der Waals surface area contributed by atoms with Gasteiger partial charge in [-0.3, -0.25) is 0 Å². The van der Waals surface area contributed by atoms with E-state index in [0.29, 0.717) is 0 Å². The number of rotatable bonds is 3. The van der Waals surface area contributed by atoms with Gasteiger partial charge < -0.3 is 14.9 Å². The molecule has 2 atom stereocenters. The second kappa shape index (κ2) is 5.38. The highest BCUT2D eigenvalue weighted by molar-refractivity contribution is 9.10. The Morgan fingerprint density at radius 1 is 1.50 bits per heavy atom. The second-order valence-corrected chi connectivity index (χ2v) is 3.93.